The highest BCUT2D eigenvalue weighted by Crippen LogP contribution is 2.37. The van der Waals surface area contributed by atoms with Gasteiger partial charge in [0.05, 0.1) is 28.7 Å². The van der Waals surface area contributed by atoms with Crippen LogP contribution >= 0.6 is 27.5 Å². The zero-order valence-corrected chi connectivity index (χ0v) is 24.8. The Kier molecular flexibility index (Phi) is 9.64. The lowest BCUT2D eigenvalue weighted by molar-refractivity contribution is -0.136. The Bertz CT molecular complexity index is 1650. The number of benzene rings is 3. The zero-order valence-electron chi connectivity index (χ0n) is 22.5. The van der Waals surface area contributed by atoms with Gasteiger partial charge in [0.1, 0.15) is 12.3 Å². The molecule has 41 heavy (non-hydrogen) atoms. The second-order valence-electron chi connectivity index (χ2n) is 8.77. The first-order valence-electron chi connectivity index (χ1n) is 12.5. The van der Waals surface area contributed by atoms with Crippen LogP contribution in [-0.4, -0.2) is 34.0 Å². The second kappa shape index (κ2) is 13.3. The molecule has 3 aromatic carbocycles. The number of halogens is 2. The molecule has 1 heterocycles. The molecule has 0 aliphatic carbocycles. The van der Waals surface area contributed by atoms with E-state index in [4.69, 9.17) is 21.1 Å². The van der Waals surface area contributed by atoms with Gasteiger partial charge in [0.2, 0.25) is 0 Å². The smallest absolute Gasteiger partial charge is 0.329 e. The largest absolute Gasteiger partial charge is 0.490 e. The Hall–Kier alpha value is -4.35. The van der Waals surface area contributed by atoms with Gasteiger partial charge in [-0.05, 0) is 77.3 Å². The van der Waals surface area contributed by atoms with Gasteiger partial charge in [0, 0.05) is 12.1 Å². The molecular weight excluding hydrogens is 614 g/mol. The molecule has 0 fully saturated rings. The van der Waals surface area contributed by atoms with E-state index in [0.717, 1.165) is 5.56 Å². The minimum Gasteiger partial charge on any atom is -0.490 e. The first kappa shape index (κ1) is 29.6. The summed E-state index contributed by atoms with van der Waals surface area (Å²) in [6.45, 7) is 4.21. The van der Waals surface area contributed by atoms with E-state index in [1.54, 1.807) is 67.2 Å². The molecule has 0 aliphatic rings. The van der Waals surface area contributed by atoms with Crippen LogP contribution in [0.4, 0.5) is 5.69 Å². The Morgan fingerprint density at radius 2 is 1.76 bits per heavy atom. The molecule has 0 saturated carbocycles. The van der Waals surface area contributed by atoms with Crippen LogP contribution in [0.5, 0.6) is 11.5 Å². The lowest BCUT2D eigenvalue weighted by Crippen LogP contribution is -2.34. The summed E-state index contributed by atoms with van der Waals surface area (Å²) < 4.78 is 15.3. The molecule has 0 spiro atoms. The molecule has 4 rings (SSSR count). The van der Waals surface area contributed by atoms with E-state index in [9.17, 15) is 14.4 Å². The number of aromatic nitrogens is 2. The van der Waals surface area contributed by atoms with Crippen LogP contribution in [-0.2, 0) is 23.2 Å². The van der Waals surface area contributed by atoms with Crippen molar-refractivity contribution in [2.75, 3.05) is 11.9 Å². The lowest BCUT2D eigenvalue weighted by atomic mass is 10.2. The van der Waals surface area contributed by atoms with Crippen LogP contribution < -0.4 is 25.8 Å². The molecule has 2 N–H and O–H groups in total. The predicted octanol–water partition coefficient (Wildman–Crippen LogP) is 4.97. The first-order chi connectivity index (χ1) is 19.7. The van der Waals surface area contributed by atoms with Gasteiger partial charge in [-0.2, -0.15) is 5.10 Å². The average molecular weight is 641 g/mol. The van der Waals surface area contributed by atoms with Crippen molar-refractivity contribution in [3.8, 4) is 17.2 Å². The van der Waals surface area contributed by atoms with Crippen LogP contribution in [0, 0.1) is 6.92 Å². The van der Waals surface area contributed by atoms with Gasteiger partial charge in [0.25, 0.3) is 5.56 Å². The number of hydrogen-bond donors (Lipinski definition) is 2. The molecule has 10 nitrogen and oxygen atoms in total. The number of anilines is 1. The number of para-hydroxylation sites is 1. The average Bonchev–Trinajstić information content (AvgIpc) is 3.16. The maximum Gasteiger partial charge on any atom is 0.329 e. The molecule has 0 atom stereocenters. The minimum absolute atomic E-state index is 0.0000385. The van der Waals surface area contributed by atoms with Crippen molar-refractivity contribution in [3.63, 3.8) is 0 Å². The molecule has 12 heteroatoms. The maximum absolute atomic E-state index is 13.0. The number of nitrogens with zero attached hydrogens (tertiary/aromatic N) is 3. The zero-order chi connectivity index (χ0) is 29.5. The van der Waals surface area contributed by atoms with Crippen LogP contribution in [0.1, 0.15) is 23.7 Å². The highest BCUT2D eigenvalue weighted by molar-refractivity contribution is 9.10. The van der Waals surface area contributed by atoms with E-state index in [1.165, 1.54) is 10.9 Å². The predicted molar refractivity (Wildman–Crippen MR) is 161 cm³/mol. The second-order valence-corrected chi connectivity index (χ2v) is 10.1. The molecule has 0 aliphatic heterocycles. The van der Waals surface area contributed by atoms with Crippen molar-refractivity contribution < 1.29 is 19.1 Å². The van der Waals surface area contributed by atoms with Gasteiger partial charge in [-0.3, -0.25) is 19.1 Å². The molecule has 2 amide bonds. The van der Waals surface area contributed by atoms with Crippen molar-refractivity contribution in [1.82, 2.24) is 14.8 Å². The minimum atomic E-state index is -1.04. The molecule has 0 radical (unpaired) electrons. The van der Waals surface area contributed by atoms with Crippen LogP contribution in [0.15, 0.2) is 81.1 Å². The normalized spacial score (nSPS) is 11.0. The Morgan fingerprint density at radius 3 is 2.44 bits per heavy atom. The van der Waals surface area contributed by atoms with Gasteiger partial charge in [-0.25, -0.2) is 10.1 Å². The number of carbonyl (C=O) groups excluding carboxylic acids is 2. The van der Waals surface area contributed by atoms with Crippen LogP contribution in [0.3, 0.4) is 0 Å². The molecule has 212 valence electrons. The number of amides is 2. The van der Waals surface area contributed by atoms with Crippen molar-refractivity contribution in [1.29, 1.82) is 0 Å². The summed E-state index contributed by atoms with van der Waals surface area (Å²) in [7, 11) is 1.69. The summed E-state index contributed by atoms with van der Waals surface area (Å²) in [5.74, 6) is -1.10. The summed E-state index contributed by atoms with van der Waals surface area (Å²) in [6, 6.07) is 19.7. The van der Waals surface area contributed by atoms with Gasteiger partial charge in [-0.1, -0.05) is 41.9 Å². The summed E-state index contributed by atoms with van der Waals surface area (Å²) in [5.41, 5.74) is 4.33. The number of hydrazone groups is 1. The number of nitrogens with one attached hydrogen (secondary N) is 2. The van der Waals surface area contributed by atoms with Crippen molar-refractivity contribution in [2.45, 2.75) is 20.5 Å². The first-order valence-corrected chi connectivity index (χ1v) is 13.7. The van der Waals surface area contributed by atoms with Crippen molar-refractivity contribution in [2.24, 2.45) is 12.1 Å². The fraction of sp³-hybridized carbons (Fsp3) is 0.172. The third-order valence-electron chi connectivity index (χ3n) is 6.01. The molecule has 0 unspecified atom stereocenters. The van der Waals surface area contributed by atoms with Crippen molar-refractivity contribution in [3.05, 3.63) is 103 Å². The standard InChI is InChI=1S/C29H27BrClN5O5/c1-4-40-24-15-20(14-23(30)26(24)41-17-19-10-12-21(31)13-11-19)16-32-34-28(38)27(37)33-25-18(2)35(3)36(29(25)39)22-8-6-5-7-9-22/h5-16H,4,17H2,1-3H3,(H,33,37)(H,34,38)/b32-16+. The number of carbonyl (C=O) groups is 2. The van der Waals surface area contributed by atoms with E-state index in [2.05, 4.69) is 31.8 Å². The van der Waals surface area contributed by atoms with Crippen LogP contribution in [0.2, 0.25) is 5.02 Å². The monoisotopic (exact) mass is 639 g/mol. The van der Waals surface area contributed by atoms with Gasteiger partial charge >= 0.3 is 11.8 Å². The molecule has 0 bridgehead atoms. The molecular formula is C29H27BrClN5O5. The summed E-state index contributed by atoms with van der Waals surface area (Å²) >= 11 is 9.45. The third-order valence-corrected chi connectivity index (χ3v) is 6.85. The number of hydrogen-bond acceptors (Lipinski definition) is 6. The SMILES string of the molecule is CCOc1cc(/C=N/NC(=O)C(=O)Nc2c(C)n(C)n(-c3ccccc3)c2=O)cc(Br)c1OCc1ccc(Cl)cc1. The molecule has 1 aromatic heterocycles. The van der Waals surface area contributed by atoms with E-state index >= 15 is 0 Å². The van der Waals surface area contributed by atoms with Crippen LogP contribution in [0.25, 0.3) is 5.69 Å². The van der Waals surface area contributed by atoms with E-state index in [0.29, 0.717) is 51.2 Å². The molecule has 4 aromatic rings. The van der Waals surface area contributed by atoms with Gasteiger partial charge < -0.3 is 14.8 Å². The Labute approximate surface area is 249 Å². The fourth-order valence-corrected chi connectivity index (χ4v) is 4.60. The highest BCUT2D eigenvalue weighted by Gasteiger charge is 2.21. The van der Waals surface area contributed by atoms with Gasteiger partial charge in [-0.15, -0.1) is 0 Å². The van der Waals surface area contributed by atoms with E-state index in [1.807, 2.05) is 25.1 Å². The molecule has 0 saturated heterocycles. The third kappa shape index (κ3) is 7.05. The van der Waals surface area contributed by atoms with E-state index < -0.39 is 17.4 Å². The Balaban J connectivity index is 1.43. The maximum atomic E-state index is 13.0. The van der Waals surface area contributed by atoms with Gasteiger partial charge in [0.15, 0.2) is 11.5 Å². The summed E-state index contributed by atoms with van der Waals surface area (Å²) in [6.07, 6.45) is 1.36. The summed E-state index contributed by atoms with van der Waals surface area (Å²) in [4.78, 5) is 38.0. The lowest BCUT2D eigenvalue weighted by Gasteiger charge is -2.14. The quantitative estimate of drug-likeness (QED) is 0.152. The highest BCUT2D eigenvalue weighted by atomic mass is 79.9. The summed E-state index contributed by atoms with van der Waals surface area (Å²) in [5, 5.41) is 6.93. The van der Waals surface area contributed by atoms with E-state index in [-0.39, 0.29) is 5.69 Å². The Morgan fingerprint density at radius 1 is 1.05 bits per heavy atom. The number of rotatable bonds is 9. The fourth-order valence-electron chi connectivity index (χ4n) is 3.90. The number of ether oxygens (including phenoxy) is 2. The van der Waals surface area contributed by atoms with Crippen molar-refractivity contribution >= 4 is 51.2 Å². The topological polar surface area (TPSA) is 116 Å².